The summed E-state index contributed by atoms with van der Waals surface area (Å²) in [7, 11) is 1.66. The van der Waals surface area contributed by atoms with Gasteiger partial charge in [0.15, 0.2) is 0 Å². The summed E-state index contributed by atoms with van der Waals surface area (Å²) in [5.74, 6) is 0.765. The lowest BCUT2D eigenvalue weighted by atomic mass is 10.2. The Hall–Kier alpha value is -1.51. The molecule has 0 saturated carbocycles. The van der Waals surface area contributed by atoms with Gasteiger partial charge in [0.25, 0.3) is 0 Å². The summed E-state index contributed by atoms with van der Waals surface area (Å²) in [6, 6.07) is 8.34. The molecule has 1 aliphatic heterocycles. The summed E-state index contributed by atoms with van der Waals surface area (Å²) >= 11 is 0. The summed E-state index contributed by atoms with van der Waals surface area (Å²) in [6.45, 7) is 2.74. The van der Waals surface area contributed by atoms with E-state index in [1.807, 2.05) is 19.1 Å². The molecule has 0 radical (unpaired) electrons. The fourth-order valence-corrected chi connectivity index (χ4v) is 1.64. The average molecular weight is 190 g/mol. The molecule has 0 aliphatic carbocycles. The highest BCUT2D eigenvalue weighted by Crippen LogP contribution is 2.20. The number of hydrogen-bond acceptors (Lipinski definition) is 3. The first-order valence-corrected chi connectivity index (χ1v) is 4.74. The van der Waals surface area contributed by atoms with Crippen LogP contribution in [0.2, 0.25) is 0 Å². The van der Waals surface area contributed by atoms with Crippen molar-refractivity contribution in [1.29, 1.82) is 0 Å². The van der Waals surface area contributed by atoms with Crippen LogP contribution in [0, 0.1) is 0 Å². The highest BCUT2D eigenvalue weighted by atomic mass is 16.5. The number of nitrogens with zero attached hydrogens (tertiary/aromatic N) is 1. The fraction of sp³-hybridized carbons (Fsp3) is 0.364. The minimum absolute atomic E-state index is 0.142. The molecule has 0 spiro atoms. The van der Waals surface area contributed by atoms with Crippen molar-refractivity contribution in [1.82, 2.24) is 0 Å². The Labute approximate surface area is 83.8 Å². The van der Waals surface area contributed by atoms with Crippen molar-refractivity contribution in [3.63, 3.8) is 0 Å². The van der Waals surface area contributed by atoms with Crippen LogP contribution in [-0.4, -0.2) is 19.0 Å². The molecule has 1 N–H and O–H groups in total. The maximum absolute atomic E-state index is 5.20. The van der Waals surface area contributed by atoms with Crippen LogP contribution in [0.15, 0.2) is 29.3 Å². The Morgan fingerprint density at radius 3 is 3.00 bits per heavy atom. The van der Waals surface area contributed by atoms with Crippen LogP contribution < -0.4 is 5.32 Å². The van der Waals surface area contributed by atoms with Gasteiger partial charge < -0.3 is 10.1 Å². The number of aliphatic imine (C=N–C) groups is 1. The summed E-state index contributed by atoms with van der Waals surface area (Å²) in [5, 5.41) is 3.37. The van der Waals surface area contributed by atoms with Crippen LogP contribution in [0.3, 0.4) is 0 Å². The number of rotatable bonds is 0. The van der Waals surface area contributed by atoms with E-state index in [1.54, 1.807) is 7.11 Å². The van der Waals surface area contributed by atoms with E-state index in [0.717, 1.165) is 11.6 Å². The smallest absolute Gasteiger partial charge is 0.206 e. The van der Waals surface area contributed by atoms with Crippen molar-refractivity contribution in [3.8, 4) is 0 Å². The molecule has 3 nitrogen and oxygen atoms in total. The molecule has 74 valence electrons. The van der Waals surface area contributed by atoms with E-state index in [9.17, 15) is 0 Å². The molecule has 3 heteroatoms. The van der Waals surface area contributed by atoms with E-state index in [-0.39, 0.29) is 6.04 Å². The SMILES string of the molecule is COC1=NCc2ccccc2NC1C. The first-order chi connectivity index (χ1) is 6.81. The van der Waals surface area contributed by atoms with Crippen molar-refractivity contribution in [2.45, 2.75) is 19.5 Å². The number of nitrogens with one attached hydrogen (secondary N) is 1. The highest BCUT2D eigenvalue weighted by Gasteiger charge is 2.15. The van der Waals surface area contributed by atoms with Gasteiger partial charge in [-0.05, 0) is 18.6 Å². The van der Waals surface area contributed by atoms with Crippen molar-refractivity contribution in [2.24, 2.45) is 4.99 Å². The van der Waals surface area contributed by atoms with Gasteiger partial charge in [-0.25, -0.2) is 4.99 Å². The maximum atomic E-state index is 5.20. The monoisotopic (exact) mass is 190 g/mol. The standard InChI is InChI=1S/C11H14N2O/c1-8-11(14-2)12-7-9-5-3-4-6-10(9)13-8/h3-6,8,13H,7H2,1-2H3. The van der Waals surface area contributed by atoms with Gasteiger partial charge in [0.2, 0.25) is 5.90 Å². The van der Waals surface area contributed by atoms with Gasteiger partial charge >= 0.3 is 0 Å². The van der Waals surface area contributed by atoms with Gasteiger partial charge in [0.05, 0.1) is 19.7 Å². The fourth-order valence-electron chi connectivity index (χ4n) is 1.64. The third-order valence-corrected chi connectivity index (χ3v) is 2.37. The molecule has 0 amide bonds. The number of benzene rings is 1. The molecule has 1 unspecified atom stereocenters. The van der Waals surface area contributed by atoms with Crippen LogP contribution in [-0.2, 0) is 11.3 Å². The van der Waals surface area contributed by atoms with E-state index in [1.165, 1.54) is 5.56 Å². The lowest BCUT2D eigenvalue weighted by Crippen LogP contribution is -2.26. The van der Waals surface area contributed by atoms with Crippen molar-refractivity contribution >= 4 is 11.6 Å². The molecular formula is C11H14N2O. The second-order valence-electron chi connectivity index (χ2n) is 3.38. The van der Waals surface area contributed by atoms with Gasteiger partial charge in [0.1, 0.15) is 0 Å². The number of ether oxygens (including phenoxy) is 1. The van der Waals surface area contributed by atoms with Gasteiger partial charge in [-0.3, -0.25) is 0 Å². The van der Waals surface area contributed by atoms with E-state index >= 15 is 0 Å². The zero-order chi connectivity index (χ0) is 9.97. The number of anilines is 1. The summed E-state index contributed by atoms with van der Waals surface area (Å²) in [5.41, 5.74) is 2.36. The summed E-state index contributed by atoms with van der Waals surface area (Å²) < 4.78 is 5.20. The predicted octanol–water partition coefficient (Wildman–Crippen LogP) is 2.05. The molecule has 0 aromatic heterocycles. The van der Waals surface area contributed by atoms with Crippen molar-refractivity contribution < 1.29 is 4.74 Å². The quantitative estimate of drug-likeness (QED) is 0.679. The van der Waals surface area contributed by atoms with Gasteiger partial charge in [-0.2, -0.15) is 0 Å². The third kappa shape index (κ3) is 1.58. The second kappa shape index (κ2) is 3.70. The Morgan fingerprint density at radius 2 is 2.21 bits per heavy atom. The largest absolute Gasteiger partial charge is 0.483 e. The minimum atomic E-state index is 0.142. The topological polar surface area (TPSA) is 33.6 Å². The maximum Gasteiger partial charge on any atom is 0.206 e. The molecule has 0 saturated heterocycles. The number of methoxy groups -OCH3 is 1. The number of fused-ring (bicyclic) bond motifs is 1. The lowest BCUT2D eigenvalue weighted by molar-refractivity contribution is 0.385. The average Bonchev–Trinajstić information content (AvgIpc) is 2.36. The predicted molar refractivity (Wildman–Crippen MR) is 57.7 cm³/mol. The Kier molecular flexibility index (Phi) is 2.39. The normalized spacial score (nSPS) is 20.1. The molecule has 0 bridgehead atoms. The molecular weight excluding hydrogens is 176 g/mol. The van der Waals surface area contributed by atoms with Crippen LogP contribution in [0.4, 0.5) is 5.69 Å². The third-order valence-electron chi connectivity index (χ3n) is 2.37. The van der Waals surface area contributed by atoms with Crippen LogP contribution in [0.1, 0.15) is 12.5 Å². The van der Waals surface area contributed by atoms with Gasteiger partial charge in [-0.1, -0.05) is 18.2 Å². The molecule has 1 aliphatic rings. The second-order valence-corrected chi connectivity index (χ2v) is 3.38. The lowest BCUT2D eigenvalue weighted by Gasteiger charge is -2.14. The van der Waals surface area contributed by atoms with E-state index in [2.05, 4.69) is 22.4 Å². The van der Waals surface area contributed by atoms with Crippen LogP contribution >= 0.6 is 0 Å². The van der Waals surface area contributed by atoms with Crippen LogP contribution in [0.5, 0.6) is 0 Å². The molecule has 0 fully saturated rings. The van der Waals surface area contributed by atoms with Gasteiger partial charge in [0, 0.05) is 5.69 Å². The van der Waals surface area contributed by atoms with Crippen molar-refractivity contribution in [3.05, 3.63) is 29.8 Å². The molecule has 1 atom stereocenters. The molecule has 2 rings (SSSR count). The molecule has 1 aromatic rings. The summed E-state index contributed by atoms with van der Waals surface area (Å²) in [4.78, 5) is 4.40. The Balaban J connectivity index is 2.33. The molecule has 14 heavy (non-hydrogen) atoms. The first kappa shape index (κ1) is 9.06. The number of hydrogen-bond donors (Lipinski definition) is 1. The molecule has 1 heterocycles. The Bertz CT molecular complexity index is 360. The zero-order valence-electron chi connectivity index (χ0n) is 8.45. The van der Waals surface area contributed by atoms with E-state index in [4.69, 9.17) is 4.74 Å². The van der Waals surface area contributed by atoms with E-state index in [0.29, 0.717) is 6.54 Å². The minimum Gasteiger partial charge on any atom is -0.483 e. The highest BCUT2D eigenvalue weighted by molar-refractivity contribution is 5.85. The first-order valence-electron chi connectivity index (χ1n) is 4.74. The Morgan fingerprint density at radius 1 is 1.43 bits per heavy atom. The van der Waals surface area contributed by atoms with E-state index < -0.39 is 0 Å². The zero-order valence-corrected chi connectivity index (χ0v) is 8.45. The van der Waals surface area contributed by atoms with Gasteiger partial charge in [-0.15, -0.1) is 0 Å². The molecule has 1 aromatic carbocycles. The summed E-state index contributed by atoms with van der Waals surface area (Å²) in [6.07, 6.45) is 0. The number of para-hydroxylation sites is 1. The van der Waals surface area contributed by atoms with Crippen molar-refractivity contribution in [2.75, 3.05) is 12.4 Å². The van der Waals surface area contributed by atoms with Crippen LogP contribution in [0.25, 0.3) is 0 Å².